The van der Waals surface area contributed by atoms with Crippen LogP contribution in [0.25, 0.3) is 0 Å². The van der Waals surface area contributed by atoms with Crippen LogP contribution >= 0.6 is 0 Å². The SMILES string of the molecule is COC(=O)CCCNc1ccc(N)cc1. The van der Waals surface area contributed by atoms with E-state index < -0.39 is 0 Å². The fourth-order valence-corrected chi connectivity index (χ4v) is 1.17. The Kier molecular flexibility index (Phi) is 4.47. The number of esters is 1. The predicted molar refractivity (Wildman–Crippen MR) is 60.6 cm³/mol. The van der Waals surface area contributed by atoms with Crippen molar-refractivity contribution >= 4 is 17.3 Å². The molecule has 0 aromatic heterocycles. The zero-order valence-electron chi connectivity index (χ0n) is 8.82. The van der Waals surface area contributed by atoms with E-state index in [1.807, 2.05) is 24.3 Å². The first-order valence-electron chi connectivity index (χ1n) is 4.88. The Morgan fingerprint density at radius 3 is 2.67 bits per heavy atom. The largest absolute Gasteiger partial charge is 0.469 e. The van der Waals surface area contributed by atoms with E-state index in [4.69, 9.17) is 5.73 Å². The number of benzene rings is 1. The summed E-state index contributed by atoms with van der Waals surface area (Å²) in [6.45, 7) is 0.749. The van der Waals surface area contributed by atoms with Gasteiger partial charge in [0.2, 0.25) is 0 Å². The molecule has 0 saturated carbocycles. The molecule has 1 rings (SSSR count). The first-order chi connectivity index (χ1) is 7.22. The highest BCUT2D eigenvalue weighted by Crippen LogP contribution is 2.10. The molecule has 0 heterocycles. The Morgan fingerprint density at radius 1 is 1.40 bits per heavy atom. The molecule has 4 nitrogen and oxygen atoms in total. The topological polar surface area (TPSA) is 64.3 Å². The number of nitrogens with two attached hydrogens (primary N) is 1. The Morgan fingerprint density at radius 2 is 2.07 bits per heavy atom. The molecule has 0 bridgehead atoms. The van der Waals surface area contributed by atoms with Gasteiger partial charge < -0.3 is 15.8 Å². The molecule has 0 aliphatic rings. The van der Waals surface area contributed by atoms with Gasteiger partial charge >= 0.3 is 5.97 Å². The molecule has 1 aromatic carbocycles. The van der Waals surface area contributed by atoms with Gasteiger partial charge in [-0.3, -0.25) is 4.79 Å². The van der Waals surface area contributed by atoms with Crippen molar-refractivity contribution in [2.24, 2.45) is 0 Å². The summed E-state index contributed by atoms with van der Waals surface area (Å²) in [6, 6.07) is 7.49. The third-order valence-electron chi connectivity index (χ3n) is 2.03. The maximum Gasteiger partial charge on any atom is 0.305 e. The molecule has 0 unspecified atom stereocenters. The number of rotatable bonds is 5. The maximum atomic E-state index is 10.8. The van der Waals surface area contributed by atoms with Crippen LogP contribution < -0.4 is 11.1 Å². The van der Waals surface area contributed by atoms with E-state index in [0.717, 1.165) is 24.3 Å². The third-order valence-corrected chi connectivity index (χ3v) is 2.03. The summed E-state index contributed by atoms with van der Waals surface area (Å²) in [4.78, 5) is 10.8. The van der Waals surface area contributed by atoms with Gasteiger partial charge in [-0.15, -0.1) is 0 Å². The van der Waals surface area contributed by atoms with E-state index in [1.54, 1.807) is 0 Å². The van der Waals surface area contributed by atoms with Crippen LogP contribution in [0.15, 0.2) is 24.3 Å². The molecule has 0 aliphatic heterocycles. The highest BCUT2D eigenvalue weighted by Gasteiger charge is 1.98. The molecule has 0 atom stereocenters. The Bertz CT molecular complexity index is 309. The lowest BCUT2D eigenvalue weighted by atomic mass is 10.2. The van der Waals surface area contributed by atoms with Crippen LogP contribution in [-0.2, 0) is 9.53 Å². The number of methoxy groups -OCH3 is 1. The van der Waals surface area contributed by atoms with E-state index >= 15 is 0 Å². The van der Waals surface area contributed by atoms with Gasteiger partial charge in [0.15, 0.2) is 0 Å². The highest BCUT2D eigenvalue weighted by molar-refractivity contribution is 5.69. The summed E-state index contributed by atoms with van der Waals surface area (Å²) < 4.78 is 4.53. The van der Waals surface area contributed by atoms with Gasteiger partial charge in [-0.2, -0.15) is 0 Å². The third kappa shape index (κ3) is 4.35. The molecule has 0 radical (unpaired) electrons. The number of hydrogen-bond donors (Lipinski definition) is 2. The smallest absolute Gasteiger partial charge is 0.305 e. The minimum Gasteiger partial charge on any atom is -0.469 e. The number of carbonyl (C=O) groups is 1. The van der Waals surface area contributed by atoms with E-state index in [1.165, 1.54) is 7.11 Å². The summed E-state index contributed by atoms with van der Waals surface area (Å²) in [5.41, 5.74) is 7.30. The first kappa shape index (κ1) is 11.4. The minimum absolute atomic E-state index is 0.172. The van der Waals surface area contributed by atoms with Gasteiger partial charge in [0.05, 0.1) is 7.11 Å². The van der Waals surface area contributed by atoms with Crippen molar-refractivity contribution in [1.82, 2.24) is 0 Å². The molecule has 4 heteroatoms. The lowest BCUT2D eigenvalue weighted by Gasteiger charge is -2.05. The molecule has 0 aliphatic carbocycles. The molecule has 1 aromatic rings. The van der Waals surface area contributed by atoms with E-state index in [2.05, 4.69) is 10.1 Å². The minimum atomic E-state index is -0.172. The fourth-order valence-electron chi connectivity index (χ4n) is 1.17. The average Bonchev–Trinajstić information content (AvgIpc) is 2.26. The number of carbonyl (C=O) groups excluding carboxylic acids is 1. The van der Waals surface area contributed by atoms with Crippen molar-refractivity contribution in [2.75, 3.05) is 24.7 Å². The summed E-state index contributed by atoms with van der Waals surface area (Å²) in [5.74, 6) is -0.172. The molecule has 0 amide bonds. The Balaban J connectivity index is 2.20. The Hall–Kier alpha value is -1.71. The van der Waals surface area contributed by atoms with Crippen molar-refractivity contribution in [2.45, 2.75) is 12.8 Å². The summed E-state index contributed by atoms with van der Waals surface area (Å²) in [7, 11) is 1.40. The first-order valence-corrected chi connectivity index (χ1v) is 4.88. The standard InChI is InChI=1S/C11H16N2O2/c1-15-11(14)3-2-8-13-10-6-4-9(12)5-7-10/h4-7,13H,2-3,8,12H2,1H3. The zero-order valence-corrected chi connectivity index (χ0v) is 8.82. The molecule has 0 fully saturated rings. The van der Waals surface area contributed by atoms with Crippen LogP contribution in [0.1, 0.15) is 12.8 Å². The van der Waals surface area contributed by atoms with Crippen molar-refractivity contribution < 1.29 is 9.53 Å². The predicted octanol–water partition coefficient (Wildman–Crippen LogP) is 1.63. The van der Waals surface area contributed by atoms with Crippen LogP contribution in [0.4, 0.5) is 11.4 Å². The van der Waals surface area contributed by atoms with Gasteiger partial charge in [-0.25, -0.2) is 0 Å². The van der Waals surface area contributed by atoms with Gasteiger partial charge in [0.1, 0.15) is 0 Å². The van der Waals surface area contributed by atoms with Crippen LogP contribution in [-0.4, -0.2) is 19.6 Å². The second-order valence-corrected chi connectivity index (χ2v) is 3.23. The van der Waals surface area contributed by atoms with Crippen LogP contribution in [0.5, 0.6) is 0 Å². The molecule has 15 heavy (non-hydrogen) atoms. The van der Waals surface area contributed by atoms with Crippen molar-refractivity contribution in [3.8, 4) is 0 Å². The normalized spacial score (nSPS) is 9.67. The summed E-state index contributed by atoms with van der Waals surface area (Å²) in [5, 5.41) is 3.19. The van der Waals surface area contributed by atoms with E-state index in [0.29, 0.717) is 6.42 Å². The quantitative estimate of drug-likeness (QED) is 0.438. The monoisotopic (exact) mass is 208 g/mol. The summed E-state index contributed by atoms with van der Waals surface area (Å²) >= 11 is 0. The van der Waals surface area contributed by atoms with Gasteiger partial charge in [-0.1, -0.05) is 0 Å². The van der Waals surface area contributed by atoms with Crippen molar-refractivity contribution in [1.29, 1.82) is 0 Å². The van der Waals surface area contributed by atoms with Crippen molar-refractivity contribution in [3.63, 3.8) is 0 Å². The van der Waals surface area contributed by atoms with E-state index in [-0.39, 0.29) is 5.97 Å². The molecule has 0 saturated heterocycles. The molecular formula is C11H16N2O2. The average molecular weight is 208 g/mol. The second kappa shape index (κ2) is 5.90. The number of ether oxygens (including phenoxy) is 1. The number of anilines is 2. The van der Waals surface area contributed by atoms with Crippen LogP contribution in [0, 0.1) is 0 Å². The zero-order chi connectivity index (χ0) is 11.1. The van der Waals surface area contributed by atoms with E-state index in [9.17, 15) is 4.79 Å². The lowest BCUT2D eigenvalue weighted by Crippen LogP contribution is -2.06. The Labute approximate surface area is 89.4 Å². The lowest BCUT2D eigenvalue weighted by molar-refractivity contribution is -0.140. The maximum absolute atomic E-state index is 10.8. The van der Waals surface area contributed by atoms with Crippen molar-refractivity contribution in [3.05, 3.63) is 24.3 Å². The number of hydrogen-bond acceptors (Lipinski definition) is 4. The van der Waals surface area contributed by atoms with Gasteiger partial charge in [-0.05, 0) is 30.7 Å². The fraction of sp³-hybridized carbons (Fsp3) is 0.364. The summed E-state index contributed by atoms with van der Waals surface area (Å²) in [6.07, 6.45) is 1.20. The molecule has 82 valence electrons. The molecule has 3 N–H and O–H groups in total. The van der Waals surface area contributed by atoms with Crippen LogP contribution in [0.3, 0.4) is 0 Å². The van der Waals surface area contributed by atoms with Crippen LogP contribution in [0.2, 0.25) is 0 Å². The number of nitrogens with one attached hydrogen (secondary N) is 1. The van der Waals surface area contributed by atoms with Gasteiger partial charge in [0.25, 0.3) is 0 Å². The molecular weight excluding hydrogens is 192 g/mol. The van der Waals surface area contributed by atoms with Gasteiger partial charge in [0, 0.05) is 24.3 Å². The highest BCUT2D eigenvalue weighted by atomic mass is 16.5. The second-order valence-electron chi connectivity index (χ2n) is 3.23. The number of nitrogen functional groups attached to an aromatic ring is 1. The molecule has 0 spiro atoms.